The van der Waals surface area contributed by atoms with Crippen molar-refractivity contribution in [3.63, 3.8) is 0 Å². The van der Waals surface area contributed by atoms with Gasteiger partial charge in [0.05, 0.1) is 11.3 Å². The molecule has 1 heterocycles. The first-order valence-electron chi connectivity index (χ1n) is 4.82. The highest BCUT2D eigenvalue weighted by Crippen LogP contribution is 2.21. The van der Waals surface area contributed by atoms with Crippen LogP contribution in [-0.2, 0) is 0 Å². The topological polar surface area (TPSA) is 101 Å². The summed E-state index contributed by atoms with van der Waals surface area (Å²) in [4.78, 5) is 27.3. The summed E-state index contributed by atoms with van der Waals surface area (Å²) in [5, 5.41) is 13.5. The highest BCUT2D eigenvalue weighted by molar-refractivity contribution is 14.1. The molecule has 0 aliphatic rings. The number of aromatic amines is 1. The van der Waals surface area contributed by atoms with Crippen LogP contribution in [0.3, 0.4) is 0 Å². The molecule has 0 aliphatic heterocycles. The molecular formula is C10H7IN4O3. The number of anilines is 2. The summed E-state index contributed by atoms with van der Waals surface area (Å²) in [6, 6.07) is 7.16. The first kappa shape index (κ1) is 12.5. The maximum absolute atomic E-state index is 11.3. The summed E-state index contributed by atoms with van der Waals surface area (Å²) in [5.74, 6) is -0.0787. The van der Waals surface area contributed by atoms with E-state index in [0.29, 0.717) is 5.69 Å². The number of nitrogens with zero attached hydrogens (tertiary/aromatic N) is 2. The first-order chi connectivity index (χ1) is 8.58. The van der Waals surface area contributed by atoms with Gasteiger partial charge in [0.1, 0.15) is 0 Å². The third kappa shape index (κ3) is 2.64. The van der Waals surface area contributed by atoms with Gasteiger partial charge in [-0.15, -0.1) is 0 Å². The zero-order valence-corrected chi connectivity index (χ0v) is 11.0. The predicted octanol–water partition coefficient (Wildman–Crippen LogP) is 2.03. The second kappa shape index (κ2) is 5.12. The smallest absolute Gasteiger partial charge is 0.334 e. The SMILES string of the molecule is O=c1[nH]cnc(Nc2ccc(I)cc2)c1[N+](=O)[O-]. The number of benzene rings is 1. The Hall–Kier alpha value is -1.97. The van der Waals surface area contributed by atoms with Crippen LogP contribution in [0.4, 0.5) is 17.2 Å². The Morgan fingerprint density at radius 1 is 1.33 bits per heavy atom. The minimum atomic E-state index is -0.789. The summed E-state index contributed by atoms with van der Waals surface area (Å²) >= 11 is 2.14. The Morgan fingerprint density at radius 2 is 2.00 bits per heavy atom. The van der Waals surface area contributed by atoms with Crippen molar-refractivity contribution < 1.29 is 4.92 Å². The van der Waals surface area contributed by atoms with E-state index in [1.807, 2.05) is 12.1 Å². The first-order valence-corrected chi connectivity index (χ1v) is 5.90. The van der Waals surface area contributed by atoms with Gasteiger partial charge in [-0.2, -0.15) is 0 Å². The number of halogens is 1. The fourth-order valence-electron chi connectivity index (χ4n) is 1.32. The molecule has 0 saturated carbocycles. The van der Waals surface area contributed by atoms with Crippen molar-refractivity contribution in [1.82, 2.24) is 9.97 Å². The van der Waals surface area contributed by atoms with E-state index < -0.39 is 16.2 Å². The Bertz CT molecular complexity index is 638. The highest BCUT2D eigenvalue weighted by atomic mass is 127. The predicted molar refractivity (Wildman–Crippen MR) is 74.0 cm³/mol. The number of nitro groups is 1. The largest absolute Gasteiger partial charge is 0.376 e. The Kier molecular flexibility index (Phi) is 3.55. The van der Waals surface area contributed by atoms with Crippen molar-refractivity contribution in [2.75, 3.05) is 5.32 Å². The number of hydrogen-bond acceptors (Lipinski definition) is 5. The van der Waals surface area contributed by atoms with Crippen LogP contribution in [-0.4, -0.2) is 14.9 Å². The summed E-state index contributed by atoms with van der Waals surface area (Å²) in [6.45, 7) is 0. The van der Waals surface area contributed by atoms with Crippen LogP contribution < -0.4 is 10.9 Å². The van der Waals surface area contributed by atoms with Gasteiger partial charge in [-0.3, -0.25) is 14.9 Å². The quantitative estimate of drug-likeness (QED) is 0.497. The lowest BCUT2D eigenvalue weighted by Crippen LogP contribution is -2.14. The molecule has 2 N–H and O–H groups in total. The van der Waals surface area contributed by atoms with Gasteiger partial charge in [-0.25, -0.2) is 4.98 Å². The number of hydrogen-bond donors (Lipinski definition) is 2. The van der Waals surface area contributed by atoms with Gasteiger partial charge in [-0.1, -0.05) is 0 Å². The van der Waals surface area contributed by atoms with E-state index in [-0.39, 0.29) is 5.82 Å². The van der Waals surface area contributed by atoms with E-state index in [1.54, 1.807) is 12.1 Å². The van der Waals surface area contributed by atoms with Gasteiger partial charge in [0.15, 0.2) is 0 Å². The monoisotopic (exact) mass is 358 g/mol. The second-order valence-corrected chi connectivity index (χ2v) is 4.56. The van der Waals surface area contributed by atoms with Crippen LogP contribution in [0.5, 0.6) is 0 Å². The molecule has 92 valence electrons. The molecule has 8 heteroatoms. The van der Waals surface area contributed by atoms with Crippen molar-refractivity contribution in [2.45, 2.75) is 0 Å². The van der Waals surface area contributed by atoms with E-state index in [0.717, 1.165) is 9.90 Å². The van der Waals surface area contributed by atoms with Crippen LogP contribution in [0.15, 0.2) is 35.4 Å². The van der Waals surface area contributed by atoms with E-state index in [4.69, 9.17) is 0 Å². The van der Waals surface area contributed by atoms with E-state index in [2.05, 4.69) is 37.9 Å². The molecule has 7 nitrogen and oxygen atoms in total. The third-order valence-corrected chi connectivity index (χ3v) is 2.84. The zero-order valence-electron chi connectivity index (χ0n) is 8.88. The zero-order chi connectivity index (χ0) is 13.1. The van der Waals surface area contributed by atoms with Gasteiger partial charge in [-0.05, 0) is 46.9 Å². The minimum absolute atomic E-state index is 0.0787. The van der Waals surface area contributed by atoms with Crippen LogP contribution in [0.2, 0.25) is 0 Å². The van der Waals surface area contributed by atoms with Crippen LogP contribution in [0.1, 0.15) is 0 Å². The van der Waals surface area contributed by atoms with Gasteiger partial charge in [0, 0.05) is 9.26 Å². The third-order valence-electron chi connectivity index (χ3n) is 2.12. The lowest BCUT2D eigenvalue weighted by molar-refractivity contribution is -0.385. The van der Waals surface area contributed by atoms with E-state index in [1.165, 1.54) is 0 Å². The Labute approximate surface area is 115 Å². The summed E-state index contributed by atoms with van der Waals surface area (Å²) in [7, 11) is 0. The van der Waals surface area contributed by atoms with E-state index >= 15 is 0 Å². The van der Waals surface area contributed by atoms with Gasteiger partial charge in [0.25, 0.3) is 0 Å². The lowest BCUT2D eigenvalue weighted by Gasteiger charge is -2.04. The molecule has 0 aliphatic carbocycles. The Morgan fingerprint density at radius 3 is 2.61 bits per heavy atom. The summed E-state index contributed by atoms with van der Waals surface area (Å²) in [5.41, 5.74) is -0.768. The fraction of sp³-hybridized carbons (Fsp3) is 0. The molecule has 18 heavy (non-hydrogen) atoms. The number of H-pyrrole nitrogens is 1. The number of nitrogens with one attached hydrogen (secondary N) is 2. The molecule has 0 saturated heterocycles. The molecular weight excluding hydrogens is 351 g/mol. The van der Waals surface area contributed by atoms with Gasteiger partial charge < -0.3 is 10.3 Å². The molecule has 1 aromatic heterocycles. The van der Waals surface area contributed by atoms with Crippen LogP contribution in [0, 0.1) is 13.7 Å². The van der Waals surface area contributed by atoms with Gasteiger partial charge in [0.2, 0.25) is 5.82 Å². The van der Waals surface area contributed by atoms with Crippen molar-refractivity contribution in [3.05, 3.63) is 54.6 Å². The van der Waals surface area contributed by atoms with Crippen LogP contribution >= 0.6 is 22.6 Å². The number of rotatable bonds is 3. The summed E-state index contributed by atoms with van der Waals surface area (Å²) in [6.07, 6.45) is 1.12. The summed E-state index contributed by atoms with van der Waals surface area (Å²) < 4.78 is 1.03. The lowest BCUT2D eigenvalue weighted by atomic mass is 10.3. The minimum Gasteiger partial charge on any atom is -0.334 e. The molecule has 0 spiro atoms. The fourth-order valence-corrected chi connectivity index (χ4v) is 1.68. The average molecular weight is 358 g/mol. The normalized spacial score (nSPS) is 10.1. The molecule has 2 aromatic rings. The molecule has 0 atom stereocenters. The van der Waals surface area contributed by atoms with Gasteiger partial charge >= 0.3 is 11.2 Å². The molecule has 0 bridgehead atoms. The van der Waals surface area contributed by atoms with Crippen molar-refractivity contribution in [3.8, 4) is 0 Å². The second-order valence-electron chi connectivity index (χ2n) is 3.32. The molecule has 0 unspecified atom stereocenters. The van der Waals surface area contributed by atoms with Crippen LogP contribution in [0.25, 0.3) is 0 Å². The standard InChI is InChI=1S/C10H7IN4O3/c11-6-1-3-7(4-2-6)14-9-8(15(17)18)10(16)13-5-12-9/h1-5H,(H2,12,13,14,16). The molecule has 0 amide bonds. The Balaban J connectivity index is 2.40. The van der Waals surface area contributed by atoms with E-state index in [9.17, 15) is 14.9 Å². The molecule has 0 fully saturated rings. The molecule has 0 radical (unpaired) electrons. The van der Waals surface area contributed by atoms with Crippen molar-refractivity contribution >= 4 is 39.8 Å². The maximum atomic E-state index is 11.3. The average Bonchev–Trinajstić information content (AvgIpc) is 2.32. The molecule has 1 aromatic carbocycles. The maximum Gasteiger partial charge on any atom is 0.376 e. The number of aromatic nitrogens is 2. The van der Waals surface area contributed by atoms with Crippen molar-refractivity contribution in [2.24, 2.45) is 0 Å². The highest BCUT2D eigenvalue weighted by Gasteiger charge is 2.20. The van der Waals surface area contributed by atoms with Crippen molar-refractivity contribution in [1.29, 1.82) is 0 Å². The molecule has 2 rings (SSSR count).